The number of carbonyl (C=O) groups excluding carboxylic acids is 1. The number of carbonyl (C=O) groups is 1. The first-order valence-electron chi connectivity index (χ1n) is 10.9. The lowest BCUT2D eigenvalue weighted by molar-refractivity contribution is 0.0234. The van der Waals surface area contributed by atoms with Crippen LogP contribution in [0, 0.1) is 0 Å². The molecule has 0 spiro atoms. The number of imidazole rings is 1. The first-order valence-corrected chi connectivity index (χ1v) is 10.9. The molecule has 12 nitrogen and oxygen atoms in total. The van der Waals surface area contributed by atoms with Crippen LogP contribution in [0.2, 0.25) is 0 Å². The van der Waals surface area contributed by atoms with Crippen molar-refractivity contribution >= 4 is 34.4 Å². The fourth-order valence-electron chi connectivity index (χ4n) is 4.28. The van der Waals surface area contributed by atoms with Crippen molar-refractivity contribution in [3.05, 3.63) is 42.4 Å². The highest BCUT2D eigenvalue weighted by Crippen LogP contribution is 2.29. The van der Waals surface area contributed by atoms with Crippen molar-refractivity contribution in [3.63, 3.8) is 0 Å². The number of rotatable bonds is 2. The average Bonchev–Trinajstić information content (AvgIpc) is 3.56. The minimum atomic E-state index is -0.334. The number of pyridine rings is 1. The third-order valence-electron chi connectivity index (χ3n) is 5.95. The van der Waals surface area contributed by atoms with Crippen LogP contribution in [0.15, 0.2) is 36.8 Å². The maximum Gasteiger partial charge on any atom is 0.328 e. The van der Waals surface area contributed by atoms with Gasteiger partial charge in [-0.15, -0.1) is 0 Å². The molecule has 1 saturated heterocycles. The third-order valence-corrected chi connectivity index (χ3v) is 5.95. The van der Waals surface area contributed by atoms with Gasteiger partial charge in [-0.25, -0.2) is 19.3 Å². The molecule has 0 radical (unpaired) electrons. The van der Waals surface area contributed by atoms with E-state index in [9.17, 15) is 4.79 Å². The van der Waals surface area contributed by atoms with E-state index in [1.54, 1.807) is 20.3 Å². The Morgan fingerprint density at radius 3 is 2.94 bits per heavy atom. The summed E-state index contributed by atoms with van der Waals surface area (Å²) in [5, 5.41) is 18.2. The van der Waals surface area contributed by atoms with Gasteiger partial charge in [-0.2, -0.15) is 15.0 Å². The molecule has 1 aromatic carbocycles. The van der Waals surface area contributed by atoms with Crippen molar-refractivity contribution in [1.82, 2.24) is 34.8 Å². The Bertz CT molecular complexity index is 1400. The third kappa shape index (κ3) is 3.62. The molecule has 1 fully saturated rings. The Labute approximate surface area is 194 Å². The summed E-state index contributed by atoms with van der Waals surface area (Å²) in [4.78, 5) is 23.7. The van der Waals surface area contributed by atoms with Crippen LogP contribution in [-0.4, -0.2) is 68.0 Å². The molecule has 0 saturated carbocycles. The number of anilines is 3. The molecule has 2 atom stereocenters. The highest BCUT2D eigenvalue weighted by molar-refractivity contribution is 5.94. The second kappa shape index (κ2) is 8.08. The number of aromatic nitrogens is 6. The number of hydrogen-bond acceptors (Lipinski definition) is 9. The van der Waals surface area contributed by atoms with Gasteiger partial charge >= 0.3 is 6.03 Å². The Morgan fingerprint density at radius 2 is 2.12 bits per heavy atom. The van der Waals surface area contributed by atoms with Crippen LogP contribution in [0.25, 0.3) is 22.4 Å². The summed E-state index contributed by atoms with van der Waals surface area (Å²) in [6.07, 6.45) is 2.91. The second-order valence-electron chi connectivity index (χ2n) is 8.30. The van der Waals surface area contributed by atoms with Crippen molar-refractivity contribution in [3.8, 4) is 11.3 Å². The lowest BCUT2D eigenvalue weighted by Crippen LogP contribution is -2.45. The molecule has 4 aromatic rings. The summed E-state index contributed by atoms with van der Waals surface area (Å²) in [6, 6.07) is 7.25. The Hall–Kier alpha value is -4.03. The van der Waals surface area contributed by atoms with Gasteiger partial charge in [0.1, 0.15) is 29.5 Å². The fraction of sp³-hybridized carbons (Fsp3) is 0.318. The molecule has 0 unspecified atom stereocenters. The summed E-state index contributed by atoms with van der Waals surface area (Å²) in [7, 11) is 3.59. The van der Waals surface area contributed by atoms with Crippen LogP contribution in [0.5, 0.6) is 0 Å². The summed E-state index contributed by atoms with van der Waals surface area (Å²) in [5.41, 5.74) is 5.19. The quantitative estimate of drug-likeness (QED) is 0.409. The highest BCUT2D eigenvalue weighted by Gasteiger charge is 2.31. The standard InChI is InChI=1S/C22H23N9O3/c1-23-15-6-19-26-14-4-12(3-13(5-14)16-7-25-30(2)29-16)8-34-18-10-33-9-17(18)27-22(32)31-11-24-20(15)21(31)28-19/h3-7,11,17-18H,8-10H2,1-2H3,(H,27,32)(H2,23,26,28)/t17-,18-/m1/s1. The summed E-state index contributed by atoms with van der Waals surface area (Å²) in [6.45, 7) is 1.11. The summed E-state index contributed by atoms with van der Waals surface area (Å²) in [5.74, 6) is 0.564. The zero-order valence-corrected chi connectivity index (χ0v) is 18.6. The molecular weight excluding hydrogens is 438 g/mol. The Morgan fingerprint density at radius 1 is 1.21 bits per heavy atom. The number of nitrogens with one attached hydrogen (secondary N) is 3. The van der Waals surface area contributed by atoms with E-state index in [0.29, 0.717) is 36.8 Å². The Kier molecular flexibility index (Phi) is 4.89. The molecule has 2 aliphatic heterocycles. The minimum absolute atomic E-state index is 0.283. The van der Waals surface area contributed by atoms with Gasteiger partial charge in [0.15, 0.2) is 5.65 Å². The van der Waals surface area contributed by atoms with Gasteiger partial charge in [-0.05, 0) is 23.8 Å². The maximum atomic E-state index is 13.1. The number of fused-ring (bicyclic) bond motifs is 4. The van der Waals surface area contributed by atoms with E-state index in [-0.39, 0.29) is 18.2 Å². The van der Waals surface area contributed by atoms with Gasteiger partial charge in [-0.3, -0.25) is 0 Å². The van der Waals surface area contributed by atoms with Gasteiger partial charge in [0.05, 0.1) is 37.7 Å². The number of benzene rings is 1. The molecule has 34 heavy (non-hydrogen) atoms. The van der Waals surface area contributed by atoms with Crippen LogP contribution in [0.4, 0.5) is 22.0 Å². The summed E-state index contributed by atoms with van der Waals surface area (Å²) >= 11 is 0. The first-order chi connectivity index (χ1) is 16.6. The number of amides is 1. The molecule has 2 aliphatic rings. The SMILES string of the molecule is CNc1cc2nc3c1ncn3C(=O)N[C@@H]1COC[C@H]1OCc1cc(cc(-c3cnn(C)n3)c1)N2. The number of hydrogen-bond donors (Lipinski definition) is 3. The molecule has 174 valence electrons. The van der Waals surface area contributed by atoms with E-state index in [1.807, 2.05) is 24.3 Å². The van der Waals surface area contributed by atoms with E-state index in [0.717, 1.165) is 28.2 Å². The number of aryl methyl sites for hydroxylation is 1. The van der Waals surface area contributed by atoms with Crippen LogP contribution < -0.4 is 16.0 Å². The van der Waals surface area contributed by atoms with Crippen molar-refractivity contribution in [1.29, 1.82) is 0 Å². The molecule has 12 heteroatoms. The Balaban J connectivity index is 1.50. The largest absolute Gasteiger partial charge is 0.386 e. The molecule has 5 heterocycles. The summed E-state index contributed by atoms with van der Waals surface area (Å²) < 4.78 is 13.2. The van der Waals surface area contributed by atoms with Crippen molar-refractivity contribution in [2.45, 2.75) is 18.8 Å². The minimum Gasteiger partial charge on any atom is -0.386 e. The van der Waals surface area contributed by atoms with E-state index in [4.69, 9.17) is 14.5 Å². The van der Waals surface area contributed by atoms with Gasteiger partial charge in [0.25, 0.3) is 0 Å². The topological polar surface area (TPSA) is 133 Å². The lowest BCUT2D eigenvalue weighted by Gasteiger charge is -2.21. The zero-order valence-electron chi connectivity index (χ0n) is 18.6. The molecule has 4 bridgehead atoms. The molecule has 1 amide bonds. The van der Waals surface area contributed by atoms with E-state index >= 15 is 0 Å². The fourth-order valence-corrected chi connectivity index (χ4v) is 4.28. The van der Waals surface area contributed by atoms with Gasteiger partial charge < -0.3 is 25.4 Å². The van der Waals surface area contributed by atoms with Gasteiger partial charge in [0.2, 0.25) is 0 Å². The lowest BCUT2D eigenvalue weighted by atomic mass is 10.1. The highest BCUT2D eigenvalue weighted by atomic mass is 16.5. The zero-order chi connectivity index (χ0) is 23.2. The van der Waals surface area contributed by atoms with Gasteiger partial charge in [0, 0.05) is 31.4 Å². The smallest absolute Gasteiger partial charge is 0.328 e. The predicted octanol–water partition coefficient (Wildman–Crippen LogP) is 1.87. The maximum absolute atomic E-state index is 13.1. The van der Waals surface area contributed by atoms with Crippen LogP contribution in [0.1, 0.15) is 5.56 Å². The molecule has 3 N–H and O–H groups in total. The second-order valence-corrected chi connectivity index (χ2v) is 8.30. The van der Waals surface area contributed by atoms with Crippen molar-refractivity contribution in [2.24, 2.45) is 7.05 Å². The molecule has 3 aromatic heterocycles. The monoisotopic (exact) mass is 461 g/mol. The molecule has 6 rings (SSSR count). The number of ether oxygens (including phenoxy) is 2. The van der Waals surface area contributed by atoms with Crippen LogP contribution >= 0.6 is 0 Å². The van der Waals surface area contributed by atoms with Crippen molar-refractivity contribution < 1.29 is 14.3 Å². The normalized spacial score (nSPS) is 20.0. The number of nitrogens with zero attached hydrogens (tertiary/aromatic N) is 6. The van der Waals surface area contributed by atoms with E-state index in [1.165, 1.54) is 15.7 Å². The van der Waals surface area contributed by atoms with Gasteiger partial charge in [-0.1, -0.05) is 0 Å². The molecular formula is C22H23N9O3. The predicted molar refractivity (Wildman–Crippen MR) is 124 cm³/mol. The molecule has 0 aliphatic carbocycles. The first kappa shape index (κ1) is 20.6. The van der Waals surface area contributed by atoms with Crippen LogP contribution in [0.3, 0.4) is 0 Å². The van der Waals surface area contributed by atoms with Crippen molar-refractivity contribution in [2.75, 3.05) is 30.9 Å². The van der Waals surface area contributed by atoms with Crippen LogP contribution in [-0.2, 0) is 23.1 Å². The average molecular weight is 461 g/mol. The van der Waals surface area contributed by atoms with E-state index in [2.05, 4.69) is 31.1 Å². The van der Waals surface area contributed by atoms with E-state index < -0.39 is 0 Å².